The Morgan fingerprint density at radius 3 is 2.65 bits per heavy atom. The Labute approximate surface area is 154 Å². The third-order valence-corrected chi connectivity index (χ3v) is 4.12. The largest absolute Gasteiger partial charge is 0.497 e. The molecule has 1 heterocycles. The van der Waals surface area contributed by atoms with E-state index in [-0.39, 0.29) is 5.91 Å². The van der Waals surface area contributed by atoms with Gasteiger partial charge in [-0.1, -0.05) is 31.1 Å². The van der Waals surface area contributed by atoms with Crippen molar-refractivity contribution < 1.29 is 23.8 Å². The molecular formula is C20H27NO5. The lowest BCUT2D eigenvalue weighted by Gasteiger charge is -2.06. The number of carbonyl (C=O) groups excluding carboxylic acids is 2. The molecule has 0 aromatic heterocycles. The van der Waals surface area contributed by atoms with Crippen LogP contribution >= 0.6 is 0 Å². The molecule has 2 rings (SSSR count). The number of amides is 2. The van der Waals surface area contributed by atoms with Crippen LogP contribution in [0.5, 0.6) is 5.75 Å². The number of imide groups is 1. The van der Waals surface area contributed by atoms with Crippen molar-refractivity contribution in [3.05, 3.63) is 42.0 Å². The van der Waals surface area contributed by atoms with Crippen LogP contribution in [0.2, 0.25) is 0 Å². The zero-order valence-corrected chi connectivity index (χ0v) is 15.3. The smallest absolute Gasteiger partial charge is 0.416 e. The van der Waals surface area contributed by atoms with Crippen molar-refractivity contribution >= 4 is 12.0 Å². The highest BCUT2D eigenvalue weighted by atomic mass is 16.6. The number of hydrogen-bond acceptors (Lipinski definition) is 5. The van der Waals surface area contributed by atoms with Crippen LogP contribution in [0.3, 0.4) is 0 Å². The Kier molecular flexibility index (Phi) is 8.69. The maximum absolute atomic E-state index is 11.7. The average Bonchev–Trinajstić information content (AvgIpc) is 3.09. The van der Waals surface area contributed by atoms with E-state index in [1.54, 1.807) is 7.11 Å². The number of ether oxygens (including phenoxy) is 3. The fourth-order valence-corrected chi connectivity index (χ4v) is 2.60. The number of benzene rings is 1. The number of nitrogens with zero attached hydrogens (tertiary/aromatic N) is 1. The molecule has 0 radical (unpaired) electrons. The van der Waals surface area contributed by atoms with E-state index in [0.717, 1.165) is 54.9 Å². The summed E-state index contributed by atoms with van der Waals surface area (Å²) in [5.74, 6) is 0.560. The lowest BCUT2D eigenvalue weighted by Crippen LogP contribution is -2.29. The van der Waals surface area contributed by atoms with E-state index in [4.69, 9.17) is 14.2 Å². The number of hydrogen-bond donors (Lipinski definition) is 0. The van der Waals surface area contributed by atoms with E-state index >= 15 is 0 Å². The van der Waals surface area contributed by atoms with Gasteiger partial charge in [-0.3, -0.25) is 4.79 Å². The van der Waals surface area contributed by atoms with Crippen LogP contribution in [0.15, 0.2) is 36.4 Å². The highest BCUT2D eigenvalue weighted by molar-refractivity contribution is 5.99. The fraction of sp³-hybridized carbons (Fsp3) is 0.500. The second-order valence-corrected chi connectivity index (χ2v) is 6.11. The molecule has 0 atom stereocenters. The number of carbonyl (C=O) groups is 2. The van der Waals surface area contributed by atoms with Gasteiger partial charge in [0.25, 0.3) is 5.91 Å². The Morgan fingerprint density at radius 1 is 1.19 bits per heavy atom. The predicted octanol–water partition coefficient (Wildman–Crippen LogP) is 3.70. The van der Waals surface area contributed by atoms with Gasteiger partial charge in [-0.15, -0.1) is 0 Å². The van der Waals surface area contributed by atoms with E-state index in [9.17, 15) is 9.59 Å². The van der Waals surface area contributed by atoms with Gasteiger partial charge < -0.3 is 14.2 Å². The molecule has 0 aliphatic carbocycles. The fourth-order valence-electron chi connectivity index (χ4n) is 2.60. The third-order valence-electron chi connectivity index (χ3n) is 4.12. The summed E-state index contributed by atoms with van der Waals surface area (Å²) in [6, 6.07) is 7.88. The maximum atomic E-state index is 11.7. The van der Waals surface area contributed by atoms with E-state index in [1.165, 1.54) is 6.08 Å². The minimum absolute atomic E-state index is 0.291. The molecule has 0 saturated carbocycles. The summed E-state index contributed by atoms with van der Waals surface area (Å²) in [4.78, 5) is 24.1. The minimum Gasteiger partial charge on any atom is -0.497 e. The first-order chi connectivity index (χ1) is 12.7. The van der Waals surface area contributed by atoms with Gasteiger partial charge in [0.2, 0.25) is 0 Å². The van der Waals surface area contributed by atoms with Crippen LogP contribution < -0.4 is 4.74 Å². The molecule has 0 N–H and O–H groups in total. The molecule has 1 aromatic carbocycles. The van der Waals surface area contributed by atoms with Crippen molar-refractivity contribution in [1.29, 1.82) is 0 Å². The molecule has 0 bridgehead atoms. The maximum Gasteiger partial charge on any atom is 0.416 e. The first-order valence-electron chi connectivity index (χ1n) is 9.06. The summed E-state index contributed by atoms with van der Waals surface area (Å²) in [6.45, 7) is 2.00. The highest BCUT2D eigenvalue weighted by Crippen LogP contribution is 2.12. The molecule has 2 amide bonds. The molecule has 0 unspecified atom stereocenters. The Hall–Kier alpha value is -2.34. The first kappa shape index (κ1) is 20.0. The van der Waals surface area contributed by atoms with Gasteiger partial charge in [-0.2, -0.15) is 0 Å². The van der Waals surface area contributed by atoms with Crippen molar-refractivity contribution in [3.8, 4) is 5.75 Å². The zero-order valence-electron chi connectivity index (χ0n) is 15.3. The molecule has 1 aliphatic rings. The molecule has 1 aliphatic heterocycles. The summed E-state index contributed by atoms with van der Waals surface area (Å²) in [5.41, 5.74) is 1.14. The number of unbranched alkanes of at least 4 members (excludes halogenated alkanes) is 4. The van der Waals surface area contributed by atoms with Crippen molar-refractivity contribution in [2.24, 2.45) is 0 Å². The second kappa shape index (κ2) is 11.3. The quantitative estimate of drug-likeness (QED) is 0.444. The summed E-state index contributed by atoms with van der Waals surface area (Å²) in [5, 5.41) is 0. The van der Waals surface area contributed by atoms with Gasteiger partial charge in [-0.05, 0) is 43.0 Å². The van der Waals surface area contributed by atoms with Crippen molar-refractivity contribution in [2.75, 3.05) is 26.9 Å². The van der Waals surface area contributed by atoms with Crippen LogP contribution in [0, 0.1) is 0 Å². The van der Waals surface area contributed by atoms with Gasteiger partial charge in [0.15, 0.2) is 0 Å². The van der Waals surface area contributed by atoms with Gasteiger partial charge in [-0.25, -0.2) is 9.69 Å². The molecule has 1 fully saturated rings. The molecule has 6 heteroatoms. The third kappa shape index (κ3) is 6.88. The lowest BCUT2D eigenvalue weighted by molar-refractivity contribution is -0.122. The normalized spacial score (nSPS) is 14.0. The summed E-state index contributed by atoms with van der Waals surface area (Å²) in [6.07, 6.45) is 7.82. The van der Waals surface area contributed by atoms with Crippen molar-refractivity contribution in [1.82, 2.24) is 4.90 Å². The predicted molar refractivity (Wildman–Crippen MR) is 97.9 cm³/mol. The van der Waals surface area contributed by atoms with Gasteiger partial charge >= 0.3 is 6.09 Å². The van der Waals surface area contributed by atoms with E-state index in [1.807, 2.05) is 30.3 Å². The van der Waals surface area contributed by atoms with Crippen LogP contribution in [0.25, 0.3) is 0 Å². The average molecular weight is 361 g/mol. The molecule has 6 nitrogen and oxygen atoms in total. The van der Waals surface area contributed by atoms with Crippen LogP contribution in [-0.2, 0) is 20.9 Å². The summed E-state index contributed by atoms with van der Waals surface area (Å²) < 4.78 is 15.5. The Morgan fingerprint density at radius 2 is 1.96 bits per heavy atom. The molecule has 1 aromatic rings. The highest BCUT2D eigenvalue weighted by Gasteiger charge is 2.26. The molecule has 0 spiro atoms. The number of rotatable bonds is 11. The standard InChI is InChI=1S/C20H27NO5/c1-24-18-11-9-17(10-12-18)16-25-14-7-5-3-2-4-6-8-19(22)21-13-15-26-20(21)23/h6,8-12H,2-5,7,13-16H2,1H3/b8-6+. The number of allylic oxidation sites excluding steroid dienone is 1. The topological polar surface area (TPSA) is 65.1 Å². The zero-order chi connectivity index (χ0) is 18.6. The summed E-state index contributed by atoms with van der Waals surface area (Å²) >= 11 is 0. The van der Waals surface area contributed by atoms with Crippen LogP contribution in [0.1, 0.15) is 37.7 Å². The Bertz CT molecular complexity index is 597. The van der Waals surface area contributed by atoms with Gasteiger partial charge in [0, 0.05) is 6.61 Å². The van der Waals surface area contributed by atoms with E-state index in [2.05, 4.69) is 0 Å². The SMILES string of the molecule is COc1ccc(COCCCCCC/C=C/C(=O)N2CCOC2=O)cc1. The molecule has 1 saturated heterocycles. The van der Waals surface area contributed by atoms with E-state index < -0.39 is 6.09 Å². The molecule has 142 valence electrons. The Balaban J connectivity index is 1.44. The molecular weight excluding hydrogens is 334 g/mol. The second-order valence-electron chi connectivity index (χ2n) is 6.11. The number of methoxy groups -OCH3 is 1. The van der Waals surface area contributed by atoms with Crippen LogP contribution in [0.4, 0.5) is 4.79 Å². The monoisotopic (exact) mass is 361 g/mol. The number of cyclic esters (lactones) is 1. The summed E-state index contributed by atoms with van der Waals surface area (Å²) in [7, 11) is 1.66. The van der Waals surface area contributed by atoms with E-state index in [0.29, 0.717) is 19.8 Å². The lowest BCUT2D eigenvalue weighted by atomic mass is 10.1. The molecule has 26 heavy (non-hydrogen) atoms. The first-order valence-corrected chi connectivity index (χ1v) is 9.06. The van der Waals surface area contributed by atoms with Gasteiger partial charge in [0.1, 0.15) is 12.4 Å². The van der Waals surface area contributed by atoms with Crippen molar-refractivity contribution in [2.45, 2.75) is 38.7 Å². The van der Waals surface area contributed by atoms with Gasteiger partial charge in [0.05, 0.1) is 20.3 Å². The van der Waals surface area contributed by atoms with Crippen LogP contribution in [-0.4, -0.2) is 43.8 Å². The van der Waals surface area contributed by atoms with Crippen molar-refractivity contribution in [3.63, 3.8) is 0 Å². The minimum atomic E-state index is -0.547.